The highest BCUT2D eigenvalue weighted by molar-refractivity contribution is 7.92. The third-order valence-electron chi connectivity index (χ3n) is 4.25. The second kappa shape index (κ2) is 8.98. The Balaban J connectivity index is 1.91. The Morgan fingerprint density at radius 3 is 2.52 bits per heavy atom. The first-order valence-electron chi connectivity index (χ1n) is 9.32. The first kappa shape index (κ1) is 22.6. The van der Waals surface area contributed by atoms with Crippen LogP contribution in [0.15, 0.2) is 30.5 Å². The molecule has 0 aliphatic carbocycles. The van der Waals surface area contributed by atoms with E-state index in [-0.39, 0.29) is 10.9 Å². The second-order valence-corrected chi connectivity index (χ2v) is 9.31. The second-order valence-electron chi connectivity index (χ2n) is 7.16. The number of nitrogens with one attached hydrogen (secondary N) is 3. The van der Waals surface area contributed by atoms with Gasteiger partial charge in [-0.25, -0.2) is 13.4 Å². The van der Waals surface area contributed by atoms with Crippen LogP contribution in [0.5, 0.6) is 5.75 Å². The van der Waals surface area contributed by atoms with Crippen molar-refractivity contribution in [3.05, 3.63) is 41.2 Å². The van der Waals surface area contributed by atoms with E-state index < -0.39 is 10.0 Å². The molecule has 2 aromatic heterocycles. The minimum absolute atomic E-state index is 0.263. The zero-order chi connectivity index (χ0) is 22.8. The van der Waals surface area contributed by atoms with Crippen LogP contribution >= 0.6 is 11.6 Å². The van der Waals surface area contributed by atoms with Crippen LogP contribution in [0.25, 0.3) is 0 Å². The Morgan fingerprint density at radius 2 is 1.90 bits per heavy atom. The molecule has 0 bridgehead atoms. The molecule has 12 heteroatoms. The molecule has 0 atom stereocenters. The fourth-order valence-corrected chi connectivity index (χ4v) is 3.40. The van der Waals surface area contributed by atoms with Crippen molar-refractivity contribution in [1.29, 1.82) is 0 Å². The van der Waals surface area contributed by atoms with Crippen molar-refractivity contribution in [2.75, 3.05) is 28.7 Å². The number of methoxy groups -OCH3 is 1. The molecule has 0 saturated heterocycles. The summed E-state index contributed by atoms with van der Waals surface area (Å²) < 4.78 is 32.9. The largest absolute Gasteiger partial charge is 0.497 e. The van der Waals surface area contributed by atoms with Gasteiger partial charge in [-0.05, 0) is 18.1 Å². The van der Waals surface area contributed by atoms with E-state index in [2.05, 4.69) is 44.3 Å². The first-order chi connectivity index (χ1) is 14.6. The highest BCUT2D eigenvalue weighted by Gasteiger charge is 2.14. The molecule has 10 nitrogen and oxygen atoms in total. The number of anilines is 5. The van der Waals surface area contributed by atoms with E-state index in [1.54, 1.807) is 22.9 Å². The summed E-state index contributed by atoms with van der Waals surface area (Å²) >= 11 is 6.27. The standard InChI is InChI=1S/C19H24ClN7O3S/c1-11(2)15-9-17(27(3)25-15)23-19-21-10-13(20)18(24-19)22-14-7-6-12(30-4)8-16(14)26-31(5,28)29/h6-11,26H,1-5H3,(H2,21,22,23,24). The van der Waals surface area contributed by atoms with Gasteiger partial charge in [0.1, 0.15) is 16.6 Å². The molecule has 3 aromatic rings. The third kappa shape index (κ3) is 5.76. The van der Waals surface area contributed by atoms with Gasteiger partial charge >= 0.3 is 0 Å². The quantitative estimate of drug-likeness (QED) is 0.458. The summed E-state index contributed by atoms with van der Waals surface area (Å²) in [6.45, 7) is 4.12. The lowest BCUT2D eigenvalue weighted by Gasteiger charge is -2.15. The molecule has 1 aromatic carbocycles. The Bertz CT molecular complexity index is 1200. The molecule has 3 N–H and O–H groups in total. The van der Waals surface area contributed by atoms with Gasteiger partial charge in [0.25, 0.3) is 0 Å². The van der Waals surface area contributed by atoms with E-state index in [1.807, 2.05) is 13.1 Å². The van der Waals surface area contributed by atoms with E-state index in [4.69, 9.17) is 16.3 Å². The highest BCUT2D eigenvalue weighted by atomic mass is 35.5. The summed E-state index contributed by atoms with van der Waals surface area (Å²) in [6.07, 6.45) is 2.52. The topological polar surface area (TPSA) is 123 Å². The molecular weight excluding hydrogens is 442 g/mol. The number of aromatic nitrogens is 4. The van der Waals surface area contributed by atoms with E-state index >= 15 is 0 Å². The maximum atomic E-state index is 11.8. The van der Waals surface area contributed by atoms with Crippen LogP contribution in [0.1, 0.15) is 25.5 Å². The molecule has 0 unspecified atom stereocenters. The van der Waals surface area contributed by atoms with Gasteiger partial charge < -0.3 is 15.4 Å². The SMILES string of the molecule is COc1ccc(Nc2nc(Nc3cc(C(C)C)nn3C)ncc2Cl)c(NS(C)(=O)=O)c1. The smallest absolute Gasteiger partial charge is 0.230 e. The van der Waals surface area contributed by atoms with E-state index in [0.717, 1.165) is 17.8 Å². The van der Waals surface area contributed by atoms with Crippen LogP contribution in [-0.4, -0.2) is 41.5 Å². The minimum Gasteiger partial charge on any atom is -0.497 e. The molecule has 0 radical (unpaired) electrons. The van der Waals surface area contributed by atoms with Crippen LogP contribution in [0.4, 0.5) is 29.0 Å². The predicted octanol–water partition coefficient (Wildman–Crippen LogP) is 3.85. The molecule has 2 heterocycles. The summed E-state index contributed by atoms with van der Waals surface area (Å²) in [5.74, 6) is 2.09. The number of hydrogen-bond donors (Lipinski definition) is 3. The molecule has 0 amide bonds. The number of halogens is 1. The summed E-state index contributed by atoms with van der Waals surface area (Å²) in [5, 5.41) is 10.9. The zero-order valence-electron chi connectivity index (χ0n) is 17.8. The normalized spacial score (nSPS) is 11.5. The Labute approximate surface area is 186 Å². The lowest BCUT2D eigenvalue weighted by molar-refractivity contribution is 0.415. The number of nitrogens with zero attached hydrogens (tertiary/aromatic N) is 4. The van der Waals surface area contributed by atoms with Gasteiger partial charge in [0.05, 0.1) is 36.6 Å². The monoisotopic (exact) mass is 465 g/mol. The number of rotatable bonds is 8. The van der Waals surface area contributed by atoms with Crippen LogP contribution in [0.2, 0.25) is 5.02 Å². The van der Waals surface area contributed by atoms with Crippen LogP contribution in [0, 0.1) is 0 Å². The number of hydrogen-bond acceptors (Lipinski definition) is 8. The number of benzene rings is 1. The summed E-state index contributed by atoms with van der Waals surface area (Å²) in [6, 6.07) is 6.83. The van der Waals surface area contributed by atoms with Gasteiger partial charge in [-0.3, -0.25) is 9.40 Å². The molecule has 166 valence electrons. The molecular formula is C19H24ClN7O3S. The van der Waals surface area contributed by atoms with Crippen molar-refractivity contribution in [2.45, 2.75) is 19.8 Å². The summed E-state index contributed by atoms with van der Waals surface area (Å²) in [4.78, 5) is 8.64. The average Bonchev–Trinajstić information content (AvgIpc) is 3.05. The summed E-state index contributed by atoms with van der Waals surface area (Å²) in [5.41, 5.74) is 1.67. The van der Waals surface area contributed by atoms with Crippen molar-refractivity contribution in [1.82, 2.24) is 19.7 Å². The maximum Gasteiger partial charge on any atom is 0.230 e. The Morgan fingerprint density at radius 1 is 1.16 bits per heavy atom. The van der Waals surface area contributed by atoms with Crippen LogP contribution in [0.3, 0.4) is 0 Å². The Kier molecular flexibility index (Phi) is 6.56. The first-order valence-corrected chi connectivity index (χ1v) is 11.6. The van der Waals surface area contributed by atoms with Gasteiger partial charge in [-0.1, -0.05) is 25.4 Å². The van der Waals surface area contributed by atoms with Gasteiger partial charge in [0.15, 0.2) is 5.82 Å². The highest BCUT2D eigenvalue weighted by Crippen LogP contribution is 2.32. The minimum atomic E-state index is -3.52. The Hall–Kier alpha value is -3.05. The average molecular weight is 466 g/mol. The molecule has 3 rings (SSSR count). The lowest BCUT2D eigenvalue weighted by atomic mass is 10.1. The number of aryl methyl sites for hydroxylation is 1. The number of sulfonamides is 1. The van der Waals surface area contributed by atoms with E-state index in [0.29, 0.717) is 28.9 Å². The molecule has 0 saturated carbocycles. The maximum absolute atomic E-state index is 11.8. The van der Waals surface area contributed by atoms with Crippen molar-refractivity contribution < 1.29 is 13.2 Å². The lowest BCUT2D eigenvalue weighted by Crippen LogP contribution is -2.12. The van der Waals surface area contributed by atoms with E-state index in [1.165, 1.54) is 13.3 Å². The molecule has 31 heavy (non-hydrogen) atoms. The van der Waals surface area contributed by atoms with Crippen molar-refractivity contribution >= 4 is 50.6 Å². The van der Waals surface area contributed by atoms with Gasteiger partial charge in [-0.2, -0.15) is 10.1 Å². The molecule has 0 spiro atoms. The predicted molar refractivity (Wildman–Crippen MR) is 122 cm³/mol. The van der Waals surface area contributed by atoms with Crippen molar-refractivity contribution in [3.63, 3.8) is 0 Å². The van der Waals surface area contributed by atoms with Gasteiger partial charge in [0, 0.05) is 19.2 Å². The van der Waals surface area contributed by atoms with Gasteiger partial charge in [0.2, 0.25) is 16.0 Å². The van der Waals surface area contributed by atoms with Crippen molar-refractivity contribution in [2.24, 2.45) is 7.05 Å². The zero-order valence-corrected chi connectivity index (χ0v) is 19.3. The third-order valence-corrected chi connectivity index (χ3v) is 5.12. The molecule has 0 fully saturated rings. The summed E-state index contributed by atoms with van der Waals surface area (Å²) in [7, 11) is -0.201. The fourth-order valence-electron chi connectivity index (χ4n) is 2.69. The van der Waals surface area contributed by atoms with Crippen molar-refractivity contribution in [3.8, 4) is 5.75 Å². The molecule has 0 aliphatic heterocycles. The van der Waals surface area contributed by atoms with E-state index in [9.17, 15) is 8.42 Å². The molecule has 0 aliphatic rings. The fraction of sp³-hybridized carbons (Fsp3) is 0.316. The van der Waals surface area contributed by atoms with Crippen LogP contribution < -0.4 is 20.1 Å². The van der Waals surface area contributed by atoms with Gasteiger partial charge in [-0.15, -0.1) is 0 Å². The van der Waals surface area contributed by atoms with Crippen LogP contribution in [-0.2, 0) is 17.1 Å². The number of ether oxygens (including phenoxy) is 1.